The minimum Gasteiger partial charge on any atom is -0.481 e. The van der Waals surface area contributed by atoms with E-state index in [2.05, 4.69) is 9.88 Å². The van der Waals surface area contributed by atoms with Gasteiger partial charge in [0.2, 0.25) is 0 Å². The van der Waals surface area contributed by atoms with Gasteiger partial charge in [0.05, 0.1) is 5.92 Å². The van der Waals surface area contributed by atoms with Crippen LogP contribution in [0.5, 0.6) is 0 Å². The quantitative estimate of drug-likeness (QED) is 0.789. The van der Waals surface area contributed by atoms with Crippen LogP contribution >= 0.6 is 0 Å². The van der Waals surface area contributed by atoms with Crippen molar-refractivity contribution in [1.29, 1.82) is 0 Å². The third-order valence-electron chi connectivity index (χ3n) is 2.99. The van der Waals surface area contributed by atoms with Gasteiger partial charge in [-0.15, -0.1) is 0 Å². The van der Waals surface area contributed by atoms with Gasteiger partial charge in [0, 0.05) is 25.0 Å². The zero-order chi connectivity index (χ0) is 10.8. The summed E-state index contributed by atoms with van der Waals surface area (Å²) in [6.07, 6.45) is 4.18. The van der Waals surface area contributed by atoms with Gasteiger partial charge in [0.1, 0.15) is 0 Å². The molecule has 1 aromatic rings. The third-order valence-corrected chi connectivity index (χ3v) is 2.99. The highest BCUT2D eigenvalue weighted by Gasteiger charge is 2.34. The van der Waals surface area contributed by atoms with E-state index >= 15 is 0 Å². The van der Waals surface area contributed by atoms with E-state index in [-0.39, 0.29) is 12.0 Å². The van der Waals surface area contributed by atoms with Gasteiger partial charge < -0.3 is 5.11 Å². The molecule has 0 aromatic carbocycles. The number of rotatable bonds is 2. The molecule has 0 amide bonds. The number of aliphatic carboxylic acids is 1. The van der Waals surface area contributed by atoms with Crippen LogP contribution in [0.1, 0.15) is 18.0 Å². The summed E-state index contributed by atoms with van der Waals surface area (Å²) in [6.45, 7) is 0.627. The summed E-state index contributed by atoms with van der Waals surface area (Å²) in [5.74, 6) is -0.938. The molecule has 1 aliphatic heterocycles. The molecule has 4 heteroatoms. The van der Waals surface area contributed by atoms with E-state index in [1.54, 1.807) is 12.4 Å². The summed E-state index contributed by atoms with van der Waals surface area (Å²) >= 11 is 0. The van der Waals surface area contributed by atoms with Gasteiger partial charge in [-0.3, -0.25) is 14.7 Å². The van der Waals surface area contributed by atoms with Crippen molar-refractivity contribution in [2.24, 2.45) is 5.92 Å². The Bertz CT molecular complexity index is 353. The van der Waals surface area contributed by atoms with Gasteiger partial charge in [-0.05, 0) is 31.2 Å². The van der Waals surface area contributed by atoms with E-state index in [4.69, 9.17) is 5.11 Å². The van der Waals surface area contributed by atoms with E-state index in [1.165, 1.54) is 0 Å². The molecule has 2 atom stereocenters. The molecule has 1 saturated heterocycles. The smallest absolute Gasteiger partial charge is 0.307 e. The first-order valence-corrected chi connectivity index (χ1v) is 5.01. The Morgan fingerprint density at radius 1 is 1.53 bits per heavy atom. The molecule has 1 aromatic heterocycles. The Labute approximate surface area is 88.6 Å². The molecule has 0 aliphatic carbocycles. The summed E-state index contributed by atoms with van der Waals surface area (Å²) in [6, 6.07) is 4.12. The van der Waals surface area contributed by atoms with Crippen molar-refractivity contribution in [2.75, 3.05) is 13.6 Å². The Kier molecular flexibility index (Phi) is 2.68. The fourth-order valence-electron chi connectivity index (χ4n) is 2.15. The first kappa shape index (κ1) is 10.1. The number of hydrogen-bond acceptors (Lipinski definition) is 3. The minimum atomic E-state index is -0.696. The number of pyridine rings is 1. The molecule has 2 rings (SSSR count). The molecule has 80 valence electrons. The molecular formula is C11H14N2O2. The number of nitrogens with zero attached hydrogens (tertiary/aromatic N) is 2. The van der Waals surface area contributed by atoms with Crippen LogP contribution in [0.25, 0.3) is 0 Å². The average Bonchev–Trinajstić information content (AvgIpc) is 2.62. The summed E-state index contributed by atoms with van der Waals surface area (Å²) in [5, 5.41) is 8.96. The highest BCUT2D eigenvalue weighted by molar-refractivity contribution is 5.70. The lowest BCUT2D eigenvalue weighted by Gasteiger charge is -2.18. The summed E-state index contributed by atoms with van der Waals surface area (Å²) < 4.78 is 0. The standard InChI is InChI=1S/C11H14N2O2/c1-13-7-9(11(14)15)6-10(13)8-2-4-12-5-3-8/h2-5,9-10H,6-7H2,1H3,(H,14,15)/t9-,10-/m1/s1. The van der Waals surface area contributed by atoms with Gasteiger partial charge in [0.25, 0.3) is 0 Å². The lowest BCUT2D eigenvalue weighted by molar-refractivity contribution is -0.141. The highest BCUT2D eigenvalue weighted by Crippen LogP contribution is 2.33. The zero-order valence-corrected chi connectivity index (χ0v) is 8.63. The Morgan fingerprint density at radius 3 is 2.73 bits per heavy atom. The Morgan fingerprint density at radius 2 is 2.20 bits per heavy atom. The second-order valence-electron chi connectivity index (χ2n) is 4.01. The Balaban J connectivity index is 2.15. The normalized spacial score (nSPS) is 26.7. The molecule has 0 unspecified atom stereocenters. The van der Waals surface area contributed by atoms with Crippen molar-refractivity contribution in [1.82, 2.24) is 9.88 Å². The summed E-state index contributed by atoms with van der Waals surface area (Å²) in [4.78, 5) is 16.9. The van der Waals surface area contributed by atoms with Crippen molar-refractivity contribution in [3.63, 3.8) is 0 Å². The molecule has 0 spiro atoms. The average molecular weight is 206 g/mol. The van der Waals surface area contributed by atoms with Gasteiger partial charge in [-0.25, -0.2) is 0 Å². The number of likely N-dealkylation sites (tertiary alicyclic amines) is 1. The number of carboxylic acid groups (broad SMARTS) is 1. The maximum Gasteiger partial charge on any atom is 0.307 e. The van der Waals surface area contributed by atoms with Gasteiger partial charge in [0.15, 0.2) is 0 Å². The molecule has 2 heterocycles. The third kappa shape index (κ3) is 1.99. The van der Waals surface area contributed by atoms with Crippen molar-refractivity contribution < 1.29 is 9.90 Å². The van der Waals surface area contributed by atoms with Crippen LogP contribution in [0.2, 0.25) is 0 Å². The van der Waals surface area contributed by atoms with Crippen molar-refractivity contribution in [3.05, 3.63) is 30.1 Å². The largest absolute Gasteiger partial charge is 0.481 e. The fraction of sp³-hybridized carbons (Fsp3) is 0.455. The topological polar surface area (TPSA) is 53.4 Å². The maximum atomic E-state index is 10.9. The van der Waals surface area contributed by atoms with Crippen LogP contribution in [-0.4, -0.2) is 34.6 Å². The van der Waals surface area contributed by atoms with Crippen LogP contribution in [0.3, 0.4) is 0 Å². The SMILES string of the molecule is CN1C[C@H](C(=O)O)C[C@@H]1c1ccncc1. The highest BCUT2D eigenvalue weighted by atomic mass is 16.4. The van der Waals surface area contributed by atoms with Crippen LogP contribution in [0.15, 0.2) is 24.5 Å². The Hall–Kier alpha value is -1.42. The predicted molar refractivity (Wildman–Crippen MR) is 55.4 cm³/mol. The lowest BCUT2D eigenvalue weighted by Crippen LogP contribution is -2.20. The first-order chi connectivity index (χ1) is 7.18. The van der Waals surface area contributed by atoms with Crippen molar-refractivity contribution in [2.45, 2.75) is 12.5 Å². The molecule has 15 heavy (non-hydrogen) atoms. The number of hydrogen-bond donors (Lipinski definition) is 1. The summed E-state index contributed by atoms with van der Waals surface area (Å²) in [7, 11) is 1.97. The van der Waals surface area contributed by atoms with E-state index in [1.807, 2.05) is 19.2 Å². The van der Waals surface area contributed by atoms with E-state index < -0.39 is 5.97 Å². The van der Waals surface area contributed by atoms with Crippen molar-refractivity contribution >= 4 is 5.97 Å². The van der Waals surface area contributed by atoms with Crippen LogP contribution < -0.4 is 0 Å². The molecule has 4 nitrogen and oxygen atoms in total. The molecule has 0 radical (unpaired) electrons. The van der Waals surface area contributed by atoms with Crippen molar-refractivity contribution in [3.8, 4) is 0 Å². The van der Waals surface area contributed by atoms with Gasteiger partial charge in [-0.2, -0.15) is 0 Å². The molecule has 0 bridgehead atoms. The molecular weight excluding hydrogens is 192 g/mol. The van der Waals surface area contributed by atoms with E-state index in [0.29, 0.717) is 13.0 Å². The molecule has 1 aliphatic rings. The minimum absolute atomic E-state index is 0.217. The number of aromatic nitrogens is 1. The second-order valence-corrected chi connectivity index (χ2v) is 4.01. The van der Waals surface area contributed by atoms with Crippen LogP contribution in [0.4, 0.5) is 0 Å². The molecule has 1 N–H and O–H groups in total. The zero-order valence-electron chi connectivity index (χ0n) is 8.63. The predicted octanol–water partition coefficient (Wildman–Crippen LogP) is 1.16. The monoisotopic (exact) mass is 206 g/mol. The van der Waals surface area contributed by atoms with Gasteiger partial charge >= 0.3 is 5.97 Å². The fourth-order valence-corrected chi connectivity index (χ4v) is 2.15. The second kappa shape index (κ2) is 3.98. The van der Waals surface area contributed by atoms with E-state index in [0.717, 1.165) is 5.56 Å². The number of carbonyl (C=O) groups is 1. The molecule has 0 saturated carbocycles. The first-order valence-electron chi connectivity index (χ1n) is 5.01. The maximum absolute atomic E-state index is 10.9. The summed E-state index contributed by atoms with van der Waals surface area (Å²) in [5.41, 5.74) is 1.15. The van der Waals surface area contributed by atoms with E-state index in [9.17, 15) is 4.79 Å². The van der Waals surface area contributed by atoms with Crippen LogP contribution in [0, 0.1) is 5.92 Å². The molecule has 1 fully saturated rings. The van der Waals surface area contributed by atoms with Crippen LogP contribution in [-0.2, 0) is 4.79 Å². The lowest BCUT2D eigenvalue weighted by atomic mass is 10.0. The van der Waals surface area contributed by atoms with Gasteiger partial charge in [-0.1, -0.05) is 0 Å². The number of carboxylic acids is 1.